The Morgan fingerprint density at radius 3 is 2.67 bits per heavy atom. The number of thiophene rings is 1. The Hall–Kier alpha value is -2.25. The SMILES string of the molecule is O=C1CC(C(=O)N2CCN(Cc3cccs3)CC2)CN1Cc1ccccn1. The van der Waals surface area contributed by atoms with Crippen LogP contribution in [0.2, 0.25) is 0 Å². The summed E-state index contributed by atoms with van der Waals surface area (Å²) in [4.78, 5) is 36.9. The number of aromatic nitrogens is 1. The van der Waals surface area contributed by atoms with Crippen molar-refractivity contribution in [1.82, 2.24) is 19.7 Å². The van der Waals surface area contributed by atoms with Crippen LogP contribution < -0.4 is 0 Å². The van der Waals surface area contributed by atoms with Gasteiger partial charge in [0.25, 0.3) is 0 Å². The van der Waals surface area contributed by atoms with Crippen LogP contribution in [-0.2, 0) is 22.7 Å². The van der Waals surface area contributed by atoms with Gasteiger partial charge in [0.05, 0.1) is 18.2 Å². The predicted octanol–water partition coefficient (Wildman–Crippen LogP) is 1.84. The summed E-state index contributed by atoms with van der Waals surface area (Å²) in [7, 11) is 0. The van der Waals surface area contributed by atoms with E-state index in [0.717, 1.165) is 38.4 Å². The minimum atomic E-state index is -0.218. The molecule has 0 aromatic carbocycles. The molecule has 6 nitrogen and oxygen atoms in total. The molecule has 0 saturated carbocycles. The molecule has 4 rings (SSSR count). The van der Waals surface area contributed by atoms with Crippen molar-refractivity contribution in [2.45, 2.75) is 19.5 Å². The Morgan fingerprint density at radius 1 is 1.11 bits per heavy atom. The Bertz CT molecular complexity index is 773. The van der Waals surface area contributed by atoms with E-state index < -0.39 is 0 Å². The van der Waals surface area contributed by atoms with Gasteiger partial charge in [-0.2, -0.15) is 0 Å². The number of amides is 2. The lowest BCUT2D eigenvalue weighted by molar-refractivity contribution is -0.137. The second-order valence-corrected chi connectivity index (χ2v) is 8.21. The molecule has 2 aromatic heterocycles. The lowest BCUT2D eigenvalue weighted by atomic mass is 10.1. The summed E-state index contributed by atoms with van der Waals surface area (Å²) in [6.07, 6.45) is 2.05. The van der Waals surface area contributed by atoms with E-state index in [-0.39, 0.29) is 17.7 Å². The van der Waals surface area contributed by atoms with E-state index in [0.29, 0.717) is 19.5 Å². The van der Waals surface area contributed by atoms with Gasteiger partial charge in [0, 0.05) is 56.8 Å². The van der Waals surface area contributed by atoms with Crippen LogP contribution in [0.5, 0.6) is 0 Å². The van der Waals surface area contributed by atoms with Gasteiger partial charge in [-0.25, -0.2) is 0 Å². The fourth-order valence-electron chi connectivity index (χ4n) is 3.79. The van der Waals surface area contributed by atoms with Gasteiger partial charge < -0.3 is 9.80 Å². The van der Waals surface area contributed by atoms with Crippen LogP contribution in [0.1, 0.15) is 17.0 Å². The topological polar surface area (TPSA) is 56.8 Å². The average molecular weight is 385 g/mol. The molecule has 2 aliphatic heterocycles. The third kappa shape index (κ3) is 4.36. The summed E-state index contributed by atoms with van der Waals surface area (Å²) >= 11 is 1.77. The van der Waals surface area contributed by atoms with Gasteiger partial charge in [-0.1, -0.05) is 12.1 Å². The van der Waals surface area contributed by atoms with Crippen molar-refractivity contribution in [3.8, 4) is 0 Å². The van der Waals surface area contributed by atoms with Gasteiger partial charge in [-0.15, -0.1) is 11.3 Å². The molecule has 2 aliphatic rings. The van der Waals surface area contributed by atoms with Gasteiger partial charge in [0.15, 0.2) is 0 Å². The highest BCUT2D eigenvalue weighted by molar-refractivity contribution is 7.09. The number of nitrogens with zero attached hydrogens (tertiary/aromatic N) is 4. The number of carbonyl (C=O) groups is 2. The molecule has 1 atom stereocenters. The van der Waals surface area contributed by atoms with Crippen molar-refractivity contribution in [2.24, 2.45) is 5.92 Å². The summed E-state index contributed by atoms with van der Waals surface area (Å²) < 4.78 is 0. The summed E-state index contributed by atoms with van der Waals surface area (Å²) in [6, 6.07) is 9.92. The largest absolute Gasteiger partial charge is 0.340 e. The first-order valence-corrected chi connectivity index (χ1v) is 10.3. The van der Waals surface area contributed by atoms with Gasteiger partial charge >= 0.3 is 0 Å². The second-order valence-electron chi connectivity index (χ2n) is 7.18. The number of rotatable bonds is 5. The summed E-state index contributed by atoms with van der Waals surface area (Å²) in [5.41, 5.74) is 0.862. The van der Waals surface area contributed by atoms with Crippen LogP contribution in [0.4, 0.5) is 0 Å². The molecule has 7 heteroatoms. The number of carbonyl (C=O) groups excluding carboxylic acids is 2. The van der Waals surface area contributed by atoms with E-state index >= 15 is 0 Å². The molecule has 0 spiro atoms. The maximum absolute atomic E-state index is 12.9. The number of hydrogen-bond donors (Lipinski definition) is 0. The highest BCUT2D eigenvalue weighted by Gasteiger charge is 2.37. The van der Waals surface area contributed by atoms with Gasteiger partial charge in [-0.3, -0.25) is 19.5 Å². The zero-order chi connectivity index (χ0) is 18.6. The summed E-state index contributed by atoms with van der Waals surface area (Å²) in [5.74, 6) is -0.0389. The van der Waals surface area contributed by atoms with Crippen LogP contribution in [0.15, 0.2) is 41.9 Å². The van der Waals surface area contributed by atoms with Crippen molar-refractivity contribution in [3.63, 3.8) is 0 Å². The van der Waals surface area contributed by atoms with E-state index in [1.807, 2.05) is 23.1 Å². The molecule has 2 saturated heterocycles. The first-order chi connectivity index (χ1) is 13.2. The molecule has 0 N–H and O–H groups in total. The van der Waals surface area contributed by atoms with Crippen LogP contribution >= 0.6 is 11.3 Å². The maximum Gasteiger partial charge on any atom is 0.228 e. The Morgan fingerprint density at radius 2 is 1.96 bits per heavy atom. The van der Waals surface area contributed by atoms with E-state index in [4.69, 9.17) is 0 Å². The maximum atomic E-state index is 12.9. The lowest BCUT2D eigenvalue weighted by Crippen LogP contribution is -2.50. The molecule has 0 aliphatic carbocycles. The Balaban J connectivity index is 1.28. The molecular weight excluding hydrogens is 360 g/mol. The number of hydrogen-bond acceptors (Lipinski definition) is 5. The highest BCUT2D eigenvalue weighted by atomic mass is 32.1. The fraction of sp³-hybridized carbons (Fsp3) is 0.450. The molecule has 2 fully saturated rings. The number of likely N-dealkylation sites (tertiary alicyclic amines) is 1. The van der Waals surface area contributed by atoms with Crippen LogP contribution in [0.3, 0.4) is 0 Å². The monoisotopic (exact) mass is 384 g/mol. The minimum Gasteiger partial charge on any atom is -0.340 e. The van der Waals surface area contributed by atoms with Crippen LogP contribution in [0.25, 0.3) is 0 Å². The van der Waals surface area contributed by atoms with Crippen LogP contribution in [-0.4, -0.2) is 64.2 Å². The van der Waals surface area contributed by atoms with Gasteiger partial charge in [0.1, 0.15) is 0 Å². The molecule has 4 heterocycles. The minimum absolute atomic E-state index is 0.0512. The van der Waals surface area contributed by atoms with Crippen LogP contribution in [0, 0.1) is 5.92 Å². The smallest absolute Gasteiger partial charge is 0.228 e. The third-order valence-corrected chi connectivity index (χ3v) is 6.15. The molecule has 0 bridgehead atoms. The molecule has 0 radical (unpaired) electrons. The van der Waals surface area contributed by atoms with Crippen molar-refractivity contribution in [1.29, 1.82) is 0 Å². The number of piperazine rings is 1. The van der Waals surface area contributed by atoms with Gasteiger partial charge in [0.2, 0.25) is 11.8 Å². The standard InChI is InChI=1S/C20H24N4O2S/c25-19-12-16(13-24(19)14-17-4-1-2-6-21-17)20(26)23-9-7-22(8-10-23)15-18-5-3-11-27-18/h1-6,11,16H,7-10,12-15H2. The normalized spacial score (nSPS) is 21.0. The predicted molar refractivity (Wildman–Crippen MR) is 104 cm³/mol. The second kappa shape index (κ2) is 8.19. The molecule has 2 amide bonds. The van der Waals surface area contributed by atoms with Crippen molar-refractivity contribution in [3.05, 3.63) is 52.5 Å². The Kier molecular flexibility index (Phi) is 5.50. The molecule has 142 valence electrons. The third-order valence-electron chi connectivity index (χ3n) is 5.29. The van der Waals surface area contributed by atoms with Crippen molar-refractivity contribution in [2.75, 3.05) is 32.7 Å². The quantitative estimate of drug-likeness (QED) is 0.789. The van der Waals surface area contributed by atoms with E-state index in [1.54, 1.807) is 22.4 Å². The first-order valence-electron chi connectivity index (χ1n) is 9.40. The Labute approximate surface area is 163 Å². The highest BCUT2D eigenvalue weighted by Crippen LogP contribution is 2.23. The van der Waals surface area contributed by atoms with Crippen molar-refractivity contribution >= 4 is 23.2 Å². The molecule has 1 unspecified atom stereocenters. The van der Waals surface area contributed by atoms with E-state index in [2.05, 4.69) is 27.4 Å². The first kappa shape index (κ1) is 18.1. The molecule has 2 aromatic rings. The average Bonchev–Trinajstić information content (AvgIpc) is 3.33. The molecule has 27 heavy (non-hydrogen) atoms. The summed E-state index contributed by atoms with van der Waals surface area (Å²) in [6.45, 7) is 5.22. The lowest BCUT2D eigenvalue weighted by Gasteiger charge is -2.35. The molecular formula is C20H24N4O2S. The zero-order valence-electron chi connectivity index (χ0n) is 15.3. The van der Waals surface area contributed by atoms with E-state index in [1.165, 1.54) is 4.88 Å². The number of pyridine rings is 1. The summed E-state index contributed by atoms with van der Waals surface area (Å²) in [5, 5.41) is 2.10. The fourth-order valence-corrected chi connectivity index (χ4v) is 4.53. The van der Waals surface area contributed by atoms with Gasteiger partial charge in [-0.05, 0) is 23.6 Å². The zero-order valence-corrected chi connectivity index (χ0v) is 16.1. The van der Waals surface area contributed by atoms with Crippen molar-refractivity contribution < 1.29 is 9.59 Å². The van der Waals surface area contributed by atoms with E-state index in [9.17, 15) is 9.59 Å².